The first-order valence-corrected chi connectivity index (χ1v) is 9.10. The molecule has 0 aliphatic heterocycles. The Labute approximate surface area is 170 Å². The average Bonchev–Trinajstić information content (AvgIpc) is 3.31. The molecular formula is C19H18ClFN6O2. The van der Waals surface area contributed by atoms with Crippen molar-refractivity contribution in [2.24, 2.45) is 5.73 Å². The van der Waals surface area contributed by atoms with Gasteiger partial charge in [-0.05, 0) is 38.1 Å². The summed E-state index contributed by atoms with van der Waals surface area (Å²) >= 11 is 5.89. The molecular weight excluding hydrogens is 399 g/mol. The summed E-state index contributed by atoms with van der Waals surface area (Å²) < 4.78 is 17.5. The van der Waals surface area contributed by atoms with E-state index >= 15 is 0 Å². The van der Waals surface area contributed by atoms with Gasteiger partial charge in [0.15, 0.2) is 5.82 Å². The van der Waals surface area contributed by atoms with E-state index in [1.165, 1.54) is 22.9 Å². The smallest absolute Gasteiger partial charge is 0.267 e. The number of nitriles is 1. The molecule has 150 valence electrons. The zero-order valence-electron chi connectivity index (χ0n) is 15.7. The number of hydrogen-bond donors (Lipinski definition) is 2. The van der Waals surface area contributed by atoms with Crippen LogP contribution in [0.1, 0.15) is 47.7 Å². The first-order valence-electron chi connectivity index (χ1n) is 8.72. The van der Waals surface area contributed by atoms with Crippen LogP contribution in [0.4, 0.5) is 4.39 Å². The van der Waals surface area contributed by atoms with Gasteiger partial charge in [-0.15, -0.1) is 0 Å². The van der Waals surface area contributed by atoms with Crippen LogP contribution >= 0.6 is 11.6 Å². The fraction of sp³-hybridized carbons (Fsp3) is 0.263. The predicted octanol–water partition coefficient (Wildman–Crippen LogP) is 2.82. The minimum absolute atomic E-state index is 0.0487. The van der Waals surface area contributed by atoms with Crippen LogP contribution in [0.2, 0.25) is 5.02 Å². The summed E-state index contributed by atoms with van der Waals surface area (Å²) in [5, 5.41) is 27.0. The Balaban J connectivity index is 1.87. The van der Waals surface area contributed by atoms with Gasteiger partial charge < -0.3 is 10.8 Å². The first-order chi connectivity index (χ1) is 13.7. The molecule has 0 saturated carbocycles. The standard InChI is InChI=1S/C19H18ClFN6O2/c1-10(27-16(19(23)29)7-15(25-27)11(2)28)9-26-6-5-14(24-26)13-4-3-12(8-22)17(20)18(13)21/h3-7,10-11,28H,9H2,1-2H3,(H2,23,29)/t10-,11?/m0/s1. The van der Waals surface area contributed by atoms with Crippen molar-refractivity contribution in [2.45, 2.75) is 32.5 Å². The number of benzene rings is 1. The van der Waals surface area contributed by atoms with E-state index in [-0.39, 0.29) is 27.9 Å². The molecule has 29 heavy (non-hydrogen) atoms. The van der Waals surface area contributed by atoms with Crippen molar-refractivity contribution in [1.82, 2.24) is 19.6 Å². The van der Waals surface area contributed by atoms with Crippen LogP contribution in [-0.2, 0) is 6.54 Å². The van der Waals surface area contributed by atoms with Gasteiger partial charge in [-0.3, -0.25) is 14.2 Å². The third-order valence-corrected chi connectivity index (χ3v) is 4.79. The van der Waals surface area contributed by atoms with Crippen LogP contribution in [0.15, 0.2) is 30.5 Å². The summed E-state index contributed by atoms with van der Waals surface area (Å²) in [6, 6.07) is 7.45. The highest BCUT2D eigenvalue weighted by molar-refractivity contribution is 6.32. The summed E-state index contributed by atoms with van der Waals surface area (Å²) in [5.41, 5.74) is 6.49. The van der Waals surface area contributed by atoms with Crippen molar-refractivity contribution in [2.75, 3.05) is 0 Å². The molecule has 10 heteroatoms. The van der Waals surface area contributed by atoms with Crippen LogP contribution in [0, 0.1) is 17.1 Å². The average molecular weight is 417 g/mol. The maximum absolute atomic E-state index is 14.5. The molecule has 0 saturated heterocycles. The number of carbonyl (C=O) groups excluding carboxylic acids is 1. The number of halogens is 2. The van der Waals surface area contributed by atoms with Crippen molar-refractivity contribution in [1.29, 1.82) is 5.26 Å². The quantitative estimate of drug-likeness (QED) is 0.639. The molecule has 3 rings (SSSR count). The van der Waals surface area contributed by atoms with Crippen molar-refractivity contribution in [3.05, 3.63) is 58.3 Å². The molecule has 3 aromatic rings. The molecule has 1 amide bonds. The number of nitrogens with zero attached hydrogens (tertiary/aromatic N) is 5. The number of amides is 1. The molecule has 3 N–H and O–H groups in total. The normalized spacial score (nSPS) is 13.1. The third kappa shape index (κ3) is 3.99. The molecule has 2 aromatic heterocycles. The predicted molar refractivity (Wildman–Crippen MR) is 103 cm³/mol. The SMILES string of the molecule is CC(O)c1cc(C(N)=O)n([C@@H](C)Cn2ccc(-c3ccc(C#N)c(Cl)c3F)n2)n1. The van der Waals surface area contributed by atoms with Gasteiger partial charge in [-0.1, -0.05) is 11.6 Å². The van der Waals surface area contributed by atoms with Gasteiger partial charge in [-0.25, -0.2) is 4.39 Å². The highest BCUT2D eigenvalue weighted by Crippen LogP contribution is 2.29. The van der Waals surface area contributed by atoms with E-state index in [4.69, 9.17) is 22.6 Å². The maximum atomic E-state index is 14.5. The van der Waals surface area contributed by atoms with Gasteiger partial charge in [0.1, 0.15) is 11.8 Å². The van der Waals surface area contributed by atoms with Crippen molar-refractivity contribution >= 4 is 17.5 Å². The van der Waals surface area contributed by atoms with Crippen molar-refractivity contribution < 1.29 is 14.3 Å². The Bertz CT molecular complexity index is 1110. The Morgan fingerprint density at radius 2 is 2.10 bits per heavy atom. The summed E-state index contributed by atoms with van der Waals surface area (Å²) in [4.78, 5) is 11.7. The second kappa shape index (κ2) is 8.03. The maximum Gasteiger partial charge on any atom is 0.267 e. The molecule has 0 aliphatic carbocycles. The minimum atomic E-state index is -0.845. The largest absolute Gasteiger partial charge is 0.387 e. The summed E-state index contributed by atoms with van der Waals surface area (Å²) in [6.07, 6.45) is 0.808. The number of hydrogen-bond acceptors (Lipinski definition) is 5. The van der Waals surface area contributed by atoms with Crippen LogP contribution in [0.5, 0.6) is 0 Å². The first kappa shape index (κ1) is 20.5. The van der Waals surface area contributed by atoms with Gasteiger partial charge in [0, 0.05) is 11.8 Å². The van der Waals surface area contributed by atoms with Crippen molar-refractivity contribution in [3.8, 4) is 17.3 Å². The van der Waals surface area contributed by atoms with E-state index in [1.54, 1.807) is 23.9 Å². The van der Waals surface area contributed by atoms with Crippen LogP contribution < -0.4 is 5.73 Å². The molecule has 0 bridgehead atoms. The van der Waals surface area contributed by atoms with Crippen molar-refractivity contribution in [3.63, 3.8) is 0 Å². The number of nitrogens with two attached hydrogens (primary N) is 1. The number of aliphatic hydroxyl groups excluding tert-OH is 1. The number of rotatable bonds is 6. The molecule has 8 nitrogen and oxygen atoms in total. The fourth-order valence-electron chi connectivity index (χ4n) is 2.93. The molecule has 1 aromatic carbocycles. The Morgan fingerprint density at radius 1 is 1.38 bits per heavy atom. The van der Waals surface area contributed by atoms with Gasteiger partial charge in [0.05, 0.1) is 40.7 Å². The lowest BCUT2D eigenvalue weighted by Crippen LogP contribution is -2.22. The molecule has 1 unspecified atom stereocenters. The van der Waals surface area contributed by atoms with Gasteiger partial charge >= 0.3 is 0 Å². The lowest BCUT2D eigenvalue weighted by atomic mass is 10.1. The molecule has 0 fully saturated rings. The number of aromatic nitrogens is 4. The zero-order valence-corrected chi connectivity index (χ0v) is 16.4. The Kier molecular flexibility index (Phi) is 5.68. The minimum Gasteiger partial charge on any atom is -0.387 e. The topological polar surface area (TPSA) is 123 Å². The van der Waals surface area contributed by atoms with Crippen LogP contribution in [0.3, 0.4) is 0 Å². The molecule has 0 spiro atoms. The van der Waals surface area contributed by atoms with E-state index in [0.717, 1.165) is 0 Å². The number of carbonyl (C=O) groups is 1. The monoisotopic (exact) mass is 416 g/mol. The second-order valence-electron chi connectivity index (χ2n) is 6.61. The molecule has 0 radical (unpaired) electrons. The van der Waals surface area contributed by atoms with E-state index in [2.05, 4.69) is 10.2 Å². The van der Waals surface area contributed by atoms with E-state index < -0.39 is 17.8 Å². The lowest BCUT2D eigenvalue weighted by Gasteiger charge is -2.14. The Hall–Kier alpha value is -3.22. The lowest BCUT2D eigenvalue weighted by molar-refractivity contribution is 0.0987. The van der Waals surface area contributed by atoms with Gasteiger partial charge in [-0.2, -0.15) is 15.5 Å². The highest BCUT2D eigenvalue weighted by Gasteiger charge is 2.20. The highest BCUT2D eigenvalue weighted by atomic mass is 35.5. The summed E-state index contributed by atoms with van der Waals surface area (Å²) in [5.74, 6) is -1.37. The molecule has 2 atom stereocenters. The number of primary amides is 1. The van der Waals surface area contributed by atoms with Gasteiger partial charge in [0.2, 0.25) is 0 Å². The summed E-state index contributed by atoms with van der Waals surface area (Å²) in [6.45, 7) is 3.66. The fourth-order valence-corrected chi connectivity index (χ4v) is 3.13. The molecule has 2 heterocycles. The zero-order chi connectivity index (χ0) is 21.3. The Morgan fingerprint density at radius 3 is 2.72 bits per heavy atom. The van der Waals surface area contributed by atoms with Crippen LogP contribution in [-0.4, -0.2) is 30.6 Å². The van der Waals surface area contributed by atoms with E-state index in [1.807, 2.05) is 13.0 Å². The third-order valence-electron chi connectivity index (χ3n) is 4.42. The molecule has 0 aliphatic rings. The van der Waals surface area contributed by atoms with E-state index in [9.17, 15) is 14.3 Å². The second-order valence-corrected chi connectivity index (χ2v) is 6.99. The van der Waals surface area contributed by atoms with E-state index in [0.29, 0.717) is 17.9 Å². The number of aliphatic hydroxyl groups is 1. The van der Waals surface area contributed by atoms with Crippen LogP contribution in [0.25, 0.3) is 11.3 Å². The van der Waals surface area contributed by atoms with Gasteiger partial charge in [0.25, 0.3) is 5.91 Å². The summed E-state index contributed by atoms with van der Waals surface area (Å²) in [7, 11) is 0.